The van der Waals surface area contributed by atoms with Crippen molar-refractivity contribution in [3.05, 3.63) is 0 Å². The van der Waals surface area contributed by atoms with Crippen molar-refractivity contribution in [1.29, 1.82) is 0 Å². The summed E-state index contributed by atoms with van der Waals surface area (Å²) in [5.74, 6) is 0.0716. The molecule has 1 aliphatic heterocycles. The lowest BCUT2D eigenvalue weighted by Crippen LogP contribution is -2.48. The Bertz CT molecular complexity index is 387. The van der Waals surface area contributed by atoms with Crippen LogP contribution in [0, 0.1) is 5.92 Å². The van der Waals surface area contributed by atoms with Crippen LogP contribution in [-0.2, 0) is 20.4 Å². The molecule has 6 heteroatoms. The van der Waals surface area contributed by atoms with Crippen molar-refractivity contribution in [3.8, 4) is 0 Å². The Balaban J connectivity index is 2.72. The molecule has 0 spiro atoms. The van der Waals surface area contributed by atoms with E-state index in [0.29, 0.717) is 25.9 Å². The van der Waals surface area contributed by atoms with E-state index in [-0.39, 0.29) is 23.0 Å². The maximum Gasteiger partial charge on any atom is 0.245 e. The molecular weight excluding hydrogens is 276 g/mol. The van der Waals surface area contributed by atoms with Crippen molar-refractivity contribution in [2.24, 2.45) is 5.92 Å². The van der Waals surface area contributed by atoms with Crippen molar-refractivity contribution < 1.29 is 13.8 Å². The number of amides is 2. The first-order valence-electron chi connectivity index (χ1n) is 7.27. The molecule has 1 N–H and O–H groups in total. The molecule has 5 nitrogen and oxygen atoms in total. The number of carbonyl (C=O) groups excluding carboxylic acids is 2. The zero-order chi connectivity index (χ0) is 15.3. The molecule has 1 fully saturated rings. The molecule has 20 heavy (non-hydrogen) atoms. The lowest BCUT2D eigenvalue weighted by molar-refractivity contribution is -0.135. The second-order valence-corrected chi connectivity index (χ2v) is 7.41. The summed E-state index contributed by atoms with van der Waals surface area (Å²) in [6.07, 6.45) is 3.58. The van der Waals surface area contributed by atoms with Crippen LogP contribution in [0.25, 0.3) is 0 Å². The molecule has 0 radical (unpaired) electrons. The van der Waals surface area contributed by atoms with Gasteiger partial charge in [0.25, 0.3) is 0 Å². The van der Waals surface area contributed by atoms with Gasteiger partial charge in [-0.25, -0.2) is 0 Å². The number of hydrogen-bond donors (Lipinski definition) is 1. The van der Waals surface area contributed by atoms with Gasteiger partial charge in [0.05, 0.1) is 0 Å². The Morgan fingerprint density at radius 1 is 1.40 bits per heavy atom. The highest BCUT2D eigenvalue weighted by atomic mass is 32.2. The Hall–Kier alpha value is -0.910. The Morgan fingerprint density at radius 3 is 2.60 bits per heavy atom. The van der Waals surface area contributed by atoms with Gasteiger partial charge >= 0.3 is 0 Å². The number of rotatable bonds is 6. The lowest BCUT2D eigenvalue weighted by Gasteiger charge is -2.27. The fourth-order valence-electron chi connectivity index (χ4n) is 2.20. The van der Waals surface area contributed by atoms with E-state index in [0.717, 1.165) is 6.42 Å². The van der Waals surface area contributed by atoms with E-state index in [1.165, 1.54) is 0 Å². The first kappa shape index (κ1) is 17.1. The summed E-state index contributed by atoms with van der Waals surface area (Å²) in [7, 11) is -0.877. The molecule has 1 saturated heterocycles. The molecule has 4 unspecified atom stereocenters. The van der Waals surface area contributed by atoms with Crippen molar-refractivity contribution in [3.63, 3.8) is 0 Å². The van der Waals surface area contributed by atoms with Gasteiger partial charge in [0.15, 0.2) is 0 Å². The molecule has 0 aromatic rings. The highest BCUT2D eigenvalue weighted by molar-refractivity contribution is 7.84. The fourth-order valence-corrected chi connectivity index (χ4v) is 2.64. The summed E-state index contributed by atoms with van der Waals surface area (Å²) in [4.78, 5) is 26.0. The van der Waals surface area contributed by atoms with Crippen molar-refractivity contribution in [1.82, 2.24) is 10.2 Å². The largest absolute Gasteiger partial charge is 0.344 e. The first-order valence-corrected chi connectivity index (χ1v) is 8.89. The number of nitrogens with zero attached hydrogens (tertiary/aromatic N) is 1. The molecule has 1 heterocycles. The number of carbonyl (C=O) groups is 2. The van der Waals surface area contributed by atoms with Gasteiger partial charge in [-0.3, -0.25) is 13.8 Å². The molecule has 116 valence electrons. The van der Waals surface area contributed by atoms with Crippen LogP contribution in [0.2, 0.25) is 0 Å². The normalized spacial score (nSPS) is 24.8. The number of nitrogens with one attached hydrogen (secondary N) is 1. The smallest absolute Gasteiger partial charge is 0.245 e. The van der Waals surface area contributed by atoms with E-state index in [1.54, 1.807) is 11.2 Å². The van der Waals surface area contributed by atoms with Crippen molar-refractivity contribution in [2.75, 3.05) is 19.3 Å². The topological polar surface area (TPSA) is 66.5 Å². The summed E-state index contributed by atoms with van der Waals surface area (Å²) in [5, 5.41) is 2.90. The van der Waals surface area contributed by atoms with E-state index in [1.807, 2.05) is 20.8 Å². The highest BCUT2D eigenvalue weighted by Crippen LogP contribution is 2.15. The van der Waals surface area contributed by atoms with Crippen molar-refractivity contribution >= 4 is 22.6 Å². The van der Waals surface area contributed by atoms with Crippen LogP contribution in [0.4, 0.5) is 0 Å². The van der Waals surface area contributed by atoms with Crippen LogP contribution in [-0.4, -0.2) is 51.6 Å². The summed E-state index contributed by atoms with van der Waals surface area (Å²) >= 11 is 0. The predicted molar refractivity (Wildman–Crippen MR) is 80.7 cm³/mol. The maximum atomic E-state index is 12.5. The van der Waals surface area contributed by atoms with Gasteiger partial charge < -0.3 is 10.2 Å². The second kappa shape index (κ2) is 7.76. The van der Waals surface area contributed by atoms with E-state index >= 15 is 0 Å². The van der Waals surface area contributed by atoms with E-state index in [4.69, 9.17) is 0 Å². The third-order valence-electron chi connectivity index (χ3n) is 4.09. The molecule has 4 atom stereocenters. The predicted octanol–water partition coefficient (Wildman–Crippen LogP) is 0.907. The van der Waals surface area contributed by atoms with Gasteiger partial charge in [0.2, 0.25) is 11.8 Å². The van der Waals surface area contributed by atoms with Crippen LogP contribution < -0.4 is 5.32 Å². The summed E-state index contributed by atoms with van der Waals surface area (Å²) in [6, 6.07) is -0.419. The minimum Gasteiger partial charge on any atom is -0.344 e. The van der Waals surface area contributed by atoms with Crippen LogP contribution in [0.5, 0.6) is 0 Å². The highest BCUT2D eigenvalue weighted by Gasteiger charge is 2.32. The molecule has 1 aliphatic rings. The monoisotopic (exact) mass is 302 g/mol. The third-order valence-corrected chi connectivity index (χ3v) is 5.46. The van der Waals surface area contributed by atoms with Crippen LogP contribution in [0.1, 0.15) is 40.0 Å². The lowest BCUT2D eigenvalue weighted by atomic mass is 9.98. The SMILES string of the molecule is CCC(C)C1NC(=O)CCN(CCC(C)S(C)=O)C1=O. The summed E-state index contributed by atoms with van der Waals surface area (Å²) < 4.78 is 11.4. The van der Waals surface area contributed by atoms with Gasteiger partial charge in [0, 0.05) is 41.8 Å². The average molecular weight is 302 g/mol. The van der Waals surface area contributed by atoms with Gasteiger partial charge in [-0.05, 0) is 12.3 Å². The maximum absolute atomic E-state index is 12.5. The standard InChI is InChI=1S/C14H26N2O3S/c1-5-10(2)13-14(18)16(9-7-12(17)15-13)8-6-11(3)20(4)19/h10-11,13H,5-9H2,1-4H3,(H,15,17). The summed E-state index contributed by atoms with van der Waals surface area (Å²) in [6.45, 7) is 6.95. The molecule has 1 rings (SSSR count). The molecular formula is C14H26N2O3S. The minimum atomic E-state index is -0.877. The van der Waals surface area contributed by atoms with Crippen LogP contribution in [0.15, 0.2) is 0 Å². The van der Waals surface area contributed by atoms with Gasteiger partial charge in [-0.1, -0.05) is 27.2 Å². The minimum absolute atomic E-state index is 0.000662. The van der Waals surface area contributed by atoms with E-state index < -0.39 is 16.8 Å². The molecule has 2 amide bonds. The number of hydrogen-bond acceptors (Lipinski definition) is 3. The van der Waals surface area contributed by atoms with Gasteiger partial charge in [-0.2, -0.15) is 0 Å². The quantitative estimate of drug-likeness (QED) is 0.793. The molecule has 0 aliphatic carbocycles. The molecule has 0 bridgehead atoms. The average Bonchev–Trinajstić information content (AvgIpc) is 2.55. The molecule has 0 aromatic heterocycles. The van der Waals surface area contributed by atoms with Gasteiger partial charge in [-0.15, -0.1) is 0 Å². The Morgan fingerprint density at radius 2 is 2.05 bits per heavy atom. The zero-order valence-electron chi connectivity index (χ0n) is 12.8. The Labute approximate surface area is 123 Å². The second-order valence-electron chi connectivity index (χ2n) is 5.60. The van der Waals surface area contributed by atoms with Crippen LogP contribution in [0.3, 0.4) is 0 Å². The van der Waals surface area contributed by atoms with Gasteiger partial charge in [0.1, 0.15) is 6.04 Å². The van der Waals surface area contributed by atoms with E-state index in [9.17, 15) is 13.8 Å². The Kier molecular flexibility index (Phi) is 6.65. The summed E-state index contributed by atoms with van der Waals surface area (Å²) in [5.41, 5.74) is 0. The first-order chi connectivity index (χ1) is 9.36. The molecule has 0 aromatic carbocycles. The van der Waals surface area contributed by atoms with Crippen molar-refractivity contribution in [2.45, 2.75) is 51.3 Å². The third kappa shape index (κ3) is 4.58. The van der Waals surface area contributed by atoms with E-state index in [2.05, 4.69) is 5.32 Å². The fraction of sp³-hybridized carbons (Fsp3) is 0.857. The molecule has 0 saturated carbocycles. The zero-order valence-corrected chi connectivity index (χ0v) is 13.7. The van der Waals surface area contributed by atoms with Crippen LogP contribution >= 0.6 is 0 Å².